The second-order valence-corrected chi connectivity index (χ2v) is 4.11. The van der Waals surface area contributed by atoms with Crippen molar-refractivity contribution >= 4 is 17.6 Å². The highest BCUT2D eigenvalue weighted by molar-refractivity contribution is 5.93. The largest absolute Gasteiger partial charge is 0.416 e. The molecule has 6 nitrogen and oxygen atoms in total. The van der Waals surface area contributed by atoms with Crippen molar-refractivity contribution in [3.05, 3.63) is 29.8 Å². The summed E-state index contributed by atoms with van der Waals surface area (Å²) in [6.45, 7) is 1.86. The minimum Gasteiger partial charge on any atom is -0.409 e. The van der Waals surface area contributed by atoms with Gasteiger partial charge in [-0.1, -0.05) is 5.16 Å². The number of anilines is 1. The van der Waals surface area contributed by atoms with Crippen LogP contribution >= 0.6 is 0 Å². The highest BCUT2D eigenvalue weighted by atomic mass is 19.4. The van der Waals surface area contributed by atoms with Gasteiger partial charge in [0.05, 0.1) is 12.1 Å². The van der Waals surface area contributed by atoms with E-state index in [1.807, 2.05) is 0 Å². The average molecular weight is 304 g/mol. The first kappa shape index (κ1) is 16.6. The van der Waals surface area contributed by atoms with E-state index in [2.05, 4.69) is 10.5 Å². The summed E-state index contributed by atoms with van der Waals surface area (Å²) in [5.74, 6) is -0.153. The molecule has 1 aromatic rings. The number of hydrogen-bond acceptors (Lipinski definition) is 3. The van der Waals surface area contributed by atoms with E-state index >= 15 is 0 Å². The molecule has 21 heavy (non-hydrogen) atoms. The normalized spacial score (nSPS) is 12.1. The fourth-order valence-corrected chi connectivity index (χ4v) is 1.50. The summed E-state index contributed by atoms with van der Waals surface area (Å²) in [6.07, 6.45) is -4.43. The van der Waals surface area contributed by atoms with E-state index < -0.39 is 17.8 Å². The fraction of sp³-hybridized carbons (Fsp3) is 0.333. The highest BCUT2D eigenvalue weighted by Crippen LogP contribution is 2.29. The van der Waals surface area contributed by atoms with Crippen LogP contribution in [0.1, 0.15) is 12.5 Å². The molecule has 0 fully saturated rings. The quantitative estimate of drug-likeness (QED) is 0.345. The number of benzene rings is 1. The Labute approximate surface area is 119 Å². The molecule has 0 saturated carbocycles. The molecule has 0 aliphatic carbocycles. The number of rotatable bonds is 4. The zero-order valence-electron chi connectivity index (χ0n) is 11.2. The zero-order valence-corrected chi connectivity index (χ0v) is 11.2. The third kappa shape index (κ3) is 4.86. The Balaban J connectivity index is 2.73. The molecule has 4 N–H and O–H groups in total. The molecule has 0 saturated heterocycles. The second-order valence-electron chi connectivity index (χ2n) is 4.11. The number of nitrogens with two attached hydrogens (primary N) is 1. The van der Waals surface area contributed by atoms with Crippen LogP contribution in [0.25, 0.3) is 0 Å². The molecule has 116 valence electrons. The Morgan fingerprint density at radius 1 is 1.38 bits per heavy atom. The van der Waals surface area contributed by atoms with Crippen LogP contribution < -0.4 is 11.1 Å². The molecule has 0 unspecified atom stereocenters. The van der Waals surface area contributed by atoms with Crippen molar-refractivity contribution in [3.8, 4) is 0 Å². The Bertz CT molecular complexity index is 514. The number of nitrogens with one attached hydrogen (secondary N) is 1. The summed E-state index contributed by atoms with van der Waals surface area (Å²) >= 11 is 0. The predicted octanol–water partition coefficient (Wildman–Crippen LogP) is 2.31. The number of carbonyl (C=O) groups is 1. The number of carbonyl (C=O) groups excluding carboxylic acids is 1. The molecule has 2 amide bonds. The molecule has 1 rings (SSSR count). The van der Waals surface area contributed by atoms with Gasteiger partial charge in [0, 0.05) is 12.2 Å². The number of hydrogen-bond donors (Lipinski definition) is 3. The van der Waals surface area contributed by atoms with Gasteiger partial charge in [0.1, 0.15) is 0 Å². The van der Waals surface area contributed by atoms with Gasteiger partial charge in [-0.25, -0.2) is 4.79 Å². The van der Waals surface area contributed by atoms with E-state index in [4.69, 9.17) is 10.9 Å². The number of nitrogens with zero attached hydrogens (tertiary/aromatic N) is 2. The molecule has 0 atom stereocenters. The minimum atomic E-state index is -4.43. The van der Waals surface area contributed by atoms with E-state index in [1.54, 1.807) is 6.92 Å². The van der Waals surface area contributed by atoms with Crippen LogP contribution in [0.2, 0.25) is 0 Å². The lowest BCUT2D eigenvalue weighted by Gasteiger charge is -2.20. The number of alkyl halides is 3. The summed E-state index contributed by atoms with van der Waals surface area (Å²) in [7, 11) is 0. The van der Waals surface area contributed by atoms with Gasteiger partial charge in [0.25, 0.3) is 0 Å². The van der Waals surface area contributed by atoms with Crippen LogP contribution in [0.15, 0.2) is 29.4 Å². The van der Waals surface area contributed by atoms with Crippen molar-refractivity contribution in [1.82, 2.24) is 4.90 Å². The van der Waals surface area contributed by atoms with E-state index in [0.717, 1.165) is 24.3 Å². The Hall–Kier alpha value is -2.45. The van der Waals surface area contributed by atoms with Crippen molar-refractivity contribution in [2.75, 3.05) is 18.4 Å². The Morgan fingerprint density at radius 3 is 2.38 bits per heavy atom. The number of urea groups is 1. The third-order valence-corrected chi connectivity index (χ3v) is 2.61. The van der Waals surface area contributed by atoms with Gasteiger partial charge in [0.15, 0.2) is 5.84 Å². The number of amides is 2. The van der Waals surface area contributed by atoms with Crippen molar-refractivity contribution in [2.45, 2.75) is 13.1 Å². The summed E-state index contributed by atoms with van der Waals surface area (Å²) in [5.41, 5.74) is 4.71. The van der Waals surface area contributed by atoms with Crippen LogP contribution in [-0.4, -0.2) is 35.1 Å². The van der Waals surface area contributed by atoms with Crippen LogP contribution in [0.3, 0.4) is 0 Å². The highest BCUT2D eigenvalue weighted by Gasteiger charge is 2.30. The lowest BCUT2D eigenvalue weighted by Crippen LogP contribution is -2.40. The van der Waals surface area contributed by atoms with E-state index in [0.29, 0.717) is 0 Å². The first-order valence-corrected chi connectivity index (χ1v) is 5.97. The van der Waals surface area contributed by atoms with Gasteiger partial charge in [-0.15, -0.1) is 0 Å². The van der Waals surface area contributed by atoms with Crippen LogP contribution in [-0.2, 0) is 6.18 Å². The molecular formula is C12H15F3N4O2. The molecule has 1 aromatic carbocycles. The first-order valence-electron chi connectivity index (χ1n) is 5.97. The minimum absolute atomic E-state index is 0.0977. The standard InChI is InChI=1S/C12H15F3N4O2/c1-2-19(7-10(16)18-21)11(20)17-9-5-3-8(4-6-9)12(13,14)15/h3-6,21H,2,7H2,1H3,(H2,16,18)(H,17,20). The summed E-state index contributed by atoms with van der Waals surface area (Å²) in [6, 6.07) is 3.48. The Morgan fingerprint density at radius 2 is 1.95 bits per heavy atom. The lowest BCUT2D eigenvalue weighted by molar-refractivity contribution is -0.137. The van der Waals surface area contributed by atoms with Crippen molar-refractivity contribution < 1.29 is 23.2 Å². The SMILES string of the molecule is CCN(CC(N)=NO)C(=O)Nc1ccc(C(F)(F)F)cc1. The summed E-state index contributed by atoms with van der Waals surface area (Å²) in [5, 5.41) is 13.6. The zero-order chi connectivity index (χ0) is 16.0. The van der Waals surface area contributed by atoms with Crippen LogP contribution in [0, 0.1) is 0 Å². The molecule has 0 aromatic heterocycles. The lowest BCUT2D eigenvalue weighted by atomic mass is 10.2. The molecule has 0 aliphatic heterocycles. The fourth-order valence-electron chi connectivity index (χ4n) is 1.50. The van der Waals surface area contributed by atoms with Gasteiger partial charge < -0.3 is 21.2 Å². The smallest absolute Gasteiger partial charge is 0.409 e. The topological polar surface area (TPSA) is 90.9 Å². The maximum atomic E-state index is 12.4. The number of amidine groups is 1. The monoisotopic (exact) mass is 304 g/mol. The van der Waals surface area contributed by atoms with Gasteiger partial charge in [-0.2, -0.15) is 13.2 Å². The van der Waals surface area contributed by atoms with Gasteiger partial charge in [0.2, 0.25) is 0 Å². The number of halogens is 3. The maximum absolute atomic E-state index is 12.4. The predicted molar refractivity (Wildman–Crippen MR) is 71.1 cm³/mol. The second kappa shape index (κ2) is 6.82. The number of oxime groups is 1. The van der Waals surface area contributed by atoms with Crippen molar-refractivity contribution in [3.63, 3.8) is 0 Å². The summed E-state index contributed by atoms with van der Waals surface area (Å²) < 4.78 is 37.2. The van der Waals surface area contributed by atoms with E-state index in [1.165, 1.54) is 4.90 Å². The molecular weight excluding hydrogens is 289 g/mol. The van der Waals surface area contributed by atoms with Gasteiger partial charge >= 0.3 is 12.2 Å². The molecule has 0 spiro atoms. The number of likely N-dealkylation sites (N-methyl/N-ethyl adjacent to an activating group) is 1. The molecule has 0 heterocycles. The molecule has 0 bridgehead atoms. The third-order valence-electron chi connectivity index (χ3n) is 2.61. The van der Waals surface area contributed by atoms with Crippen molar-refractivity contribution in [1.29, 1.82) is 0 Å². The summed E-state index contributed by atoms with van der Waals surface area (Å²) in [4.78, 5) is 13.1. The van der Waals surface area contributed by atoms with Gasteiger partial charge in [-0.05, 0) is 31.2 Å². The molecule has 9 heteroatoms. The molecule has 0 radical (unpaired) electrons. The Kier molecular flexibility index (Phi) is 5.39. The average Bonchev–Trinajstić information content (AvgIpc) is 2.43. The van der Waals surface area contributed by atoms with Crippen LogP contribution in [0.5, 0.6) is 0 Å². The van der Waals surface area contributed by atoms with Crippen LogP contribution in [0.4, 0.5) is 23.7 Å². The molecule has 0 aliphatic rings. The van der Waals surface area contributed by atoms with Gasteiger partial charge in [-0.3, -0.25) is 0 Å². The maximum Gasteiger partial charge on any atom is 0.416 e. The first-order chi connectivity index (χ1) is 9.77. The van der Waals surface area contributed by atoms with E-state index in [-0.39, 0.29) is 24.6 Å². The van der Waals surface area contributed by atoms with E-state index in [9.17, 15) is 18.0 Å². The van der Waals surface area contributed by atoms with Crippen molar-refractivity contribution in [2.24, 2.45) is 10.9 Å².